The third kappa shape index (κ3) is 2.70. The predicted octanol–water partition coefficient (Wildman–Crippen LogP) is -0.625. The van der Waals surface area contributed by atoms with Gasteiger partial charge in [0.25, 0.3) is 0 Å². The number of aromatic nitrogens is 2. The van der Waals surface area contributed by atoms with E-state index < -0.39 is 9.84 Å². The number of nitrogens with two attached hydrogens (primary N) is 1. The maximum atomic E-state index is 11.2. The molecule has 7 nitrogen and oxygen atoms in total. The summed E-state index contributed by atoms with van der Waals surface area (Å²) >= 11 is 0. The Kier molecular flexibility index (Phi) is 3.10. The minimum absolute atomic E-state index is 0.123. The predicted molar refractivity (Wildman–Crippen MR) is 57.4 cm³/mol. The number of anilines is 1. The highest BCUT2D eigenvalue weighted by atomic mass is 32.2. The molecule has 0 amide bonds. The van der Waals surface area contributed by atoms with Crippen molar-refractivity contribution in [3.05, 3.63) is 5.89 Å². The van der Waals surface area contributed by atoms with Gasteiger partial charge in [-0.05, 0) is 12.3 Å². The van der Waals surface area contributed by atoms with Gasteiger partial charge in [-0.2, -0.15) is 0 Å². The molecule has 1 aliphatic heterocycles. The van der Waals surface area contributed by atoms with Gasteiger partial charge in [0.05, 0.1) is 18.1 Å². The quantitative estimate of drug-likeness (QED) is 0.727. The maximum Gasteiger partial charge on any atom is 0.315 e. The standard InChI is InChI=1S/C8H14N4O3S/c9-3-7-11-12-8(15-7)10-4-6-1-2-16(13,14)5-6/h6H,1-5,9H2,(H,10,12). The van der Waals surface area contributed by atoms with E-state index in [1.54, 1.807) is 0 Å². The number of hydrogen-bond donors (Lipinski definition) is 2. The monoisotopic (exact) mass is 246 g/mol. The lowest BCUT2D eigenvalue weighted by Crippen LogP contribution is -2.15. The third-order valence-electron chi connectivity index (χ3n) is 2.51. The first-order chi connectivity index (χ1) is 7.59. The molecule has 3 N–H and O–H groups in total. The summed E-state index contributed by atoms with van der Waals surface area (Å²) < 4.78 is 27.6. The van der Waals surface area contributed by atoms with Crippen LogP contribution in [0.4, 0.5) is 6.01 Å². The van der Waals surface area contributed by atoms with Gasteiger partial charge in [0.15, 0.2) is 9.84 Å². The molecule has 1 atom stereocenters. The highest BCUT2D eigenvalue weighted by Crippen LogP contribution is 2.18. The Morgan fingerprint density at radius 2 is 2.31 bits per heavy atom. The van der Waals surface area contributed by atoms with Gasteiger partial charge >= 0.3 is 6.01 Å². The Bertz CT molecular complexity index is 456. The maximum absolute atomic E-state index is 11.2. The van der Waals surface area contributed by atoms with Crippen molar-refractivity contribution in [1.29, 1.82) is 0 Å². The molecule has 1 fully saturated rings. The molecule has 1 aromatic heterocycles. The van der Waals surface area contributed by atoms with Crippen molar-refractivity contribution in [2.24, 2.45) is 11.7 Å². The molecule has 1 aromatic rings. The average molecular weight is 246 g/mol. The number of nitrogens with one attached hydrogen (secondary N) is 1. The lowest BCUT2D eigenvalue weighted by molar-refractivity contribution is 0.501. The van der Waals surface area contributed by atoms with E-state index in [0.29, 0.717) is 24.9 Å². The summed E-state index contributed by atoms with van der Waals surface area (Å²) in [4.78, 5) is 0. The van der Waals surface area contributed by atoms with Crippen LogP contribution < -0.4 is 11.1 Å². The van der Waals surface area contributed by atoms with Crippen LogP contribution in [0.1, 0.15) is 12.3 Å². The van der Waals surface area contributed by atoms with Crippen molar-refractivity contribution in [2.45, 2.75) is 13.0 Å². The van der Waals surface area contributed by atoms with Crippen molar-refractivity contribution in [3.8, 4) is 0 Å². The molecule has 1 saturated heterocycles. The van der Waals surface area contributed by atoms with Crippen LogP contribution in [0.2, 0.25) is 0 Å². The zero-order valence-electron chi connectivity index (χ0n) is 8.72. The number of rotatable bonds is 4. The second kappa shape index (κ2) is 4.38. The lowest BCUT2D eigenvalue weighted by atomic mass is 10.1. The van der Waals surface area contributed by atoms with Crippen molar-refractivity contribution < 1.29 is 12.8 Å². The molecule has 0 aromatic carbocycles. The van der Waals surface area contributed by atoms with Crippen LogP contribution in [-0.4, -0.2) is 36.7 Å². The topological polar surface area (TPSA) is 111 Å². The fourth-order valence-corrected chi connectivity index (χ4v) is 3.53. The first-order valence-corrected chi connectivity index (χ1v) is 6.88. The Labute approximate surface area is 93.3 Å². The summed E-state index contributed by atoms with van der Waals surface area (Å²) in [5, 5.41) is 10.3. The van der Waals surface area contributed by atoms with Gasteiger partial charge in [0, 0.05) is 6.54 Å². The number of sulfone groups is 1. The van der Waals surface area contributed by atoms with Gasteiger partial charge in [-0.3, -0.25) is 0 Å². The summed E-state index contributed by atoms with van der Waals surface area (Å²) in [5.41, 5.74) is 5.31. The van der Waals surface area contributed by atoms with Crippen LogP contribution in [0.15, 0.2) is 4.42 Å². The van der Waals surface area contributed by atoms with Gasteiger partial charge in [0.2, 0.25) is 5.89 Å². The third-order valence-corrected chi connectivity index (χ3v) is 4.35. The number of hydrogen-bond acceptors (Lipinski definition) is 7. The number of nitrogens with zero attached hydrogens (tertiary/aromatic N) is 2. The molecule has 0 spiro atoms. The molecule has 0 radical (unpaired) electrons. The molecule has 0 bridgehead atoms. The molecule has 90 valence electrons. The summed E-state index contributed by atoms with van der Waals surface area (Å²) in [6, 6.07) is 0.296. The van der Waals surface area contributed by atoms with Gasteiger partial charge in [0.1, 0.15) is 0 Å². The first-order valence-electron chi connectivity index (χ1n) is 5.06. The van der Waals surface area contributed by atoms with Gasteiger partial charge in [-0.15, -0.1) is 5.10 Å². The molecule has 0 aliphatic carbocycles. The highest BCUT2D eigenvalue weighted by molar-refractivity contribution is 7.91. The van der Waals surface area contributed by atoms with Crippen molar-refractivity contribution in [1.82, 2.24) is 10.2 Å². The van der Waals surface area contributed by atoms with E-state index in [9.17, 15) is 8.42 Å². The van der Waals surface area contributed by atoms with E-state index in [-0.39, 0.29) is 24.0 Å². The molecule has 2 rings (SSSR count). The zero-order chi connectivity index (χ0) is 11.6. The molecule has 2 heterocycles. The smallest absolute Gasteiger partial charge is 0.315 e. The molecule has 8 heteroatoms. The van der Waals surface area contributed by atoms with Crippen molar-refractivity contribution in [3.63, 3.8) is 0 Å². The normalized spacial score (nSPS) is 23.4. The minimum atomic E-state index is -2.83. The zero-order valence-corrected chi connectivity index (χ0v) is 9.53. The van der Waals surface area contributed by atoms with Crippen LogP contribution in [0.5, 0.6) is 0 Å². The van der Waals surface area contributed by atoms with Gasteiger partial charge in [-0.25, -0.2) is 8.42 Å². The molecule has 1 aliphatic rings. The SMILES string of the molecule is NCc1nnc(NCC2CCS(=O)(=O)C2)o1. The average Bonchev–Trinajstić information content (AvgIpc) is 2.81. The molecule has 16 heavy (non-hydrogen) atoms. The summed E-state index contributed by atoms with van der Waals surface area (Å²) in [6.45, 7) is 0.734. The molecular formula is C8H14N4O3S. The van der Waals surface area contributed by atoms with Crippen molar-refractivity contribution >= 4 is 15.9 Å². The molecular weight excluding hydrogens is 232 g/mol. The van der Waals surface area contributed by atoms with Crippen LogP contribution >= 0.6 is 0 Å². The van der Waals surface area contributed by atoms with E-state index in [1.807, 2.05) is 0 Å². The van der Waals surface area contributed by atoms with Crippen molar-refractivity contribution in [2.75, 3.05) is 23.4 Å². The second-order valence-electron chi connectivity index (χ2n) is 3.86. The molecule has 0 saturated carbocycles. The van der Waals surface area contributed by atoms with E-state index in [4.69, 9.17) is 10.2 Å². The minimum Gasteiger partial charge on any atom is -0.407 e. The first kappa shape index (κ1) is 11.3. The van der Waals surface area contributed by atoms with E-state index in [1.165, 1.54) is 0 Å². The Morgan fingerprint density at radius 3 is 2.88 bits per heavy atom. The highest BCUT2D eigenvalue weighted by Gasteiger charge is 2.27. The van der Waals surface area contributed by atoms with Gasteiger partial charge < -0.3 is 15.5 Å². The summed E-state index contributed by atoms with van der Waals surface area (Å²) in [6.07, 6.45) is 0.688. The molecule has 1 unspecified atom stereocenters. The van der Waals surface area contributed by atoms with E-state index >= 15 is 0 Å². The summed E-state index contributed by atoms with van der Waals surface area (Å²) in [5.74, 6) is 0.995. The largest absolute Gasteiger partial charge is 0.407 e. The van der Waals surface area contributed by atoms with Crippen LogP contribution in [0.3, 0.4) is 0 Å². The Balaban J connectivity index is 1.84. The summed E-state index contributed by atoms with van der Waals surface area (Å²) in [7, 11) is -2.83. The van der Waals surface area contributed by atoms with Crippen LogP contribution in [0.25, 0.3) is 0 Å². The fraction of sp³-hybridized carbons (Fsp3) is 0.750. The van der Waals surface area contributed by atoms with Gasteiger partial charge in [-0.1, -0.05) is 5.10 Å². The fourth-order valence-electron chi connectivity index (χ4n) is 1.67. The van der Waals surface area contributed by atoms with E-state index in [0.717, 1.165) is 0 Å². The Morgan fingerprint density at radius 1 is 1.50 bits per heavy atom. The van der Waals surface area contributed by atoms with Crippen LogP contribution in [-0.2, 0) is 16.4 Å². The Hall–Kier alpha value is -1.15. The second-order valence-corrected chi connectivity index (χ2v) is 6.08. The van der Waals surface area contributed by atoms with E-state index in [2.05, 4.69) is 15.5 Å². The van der Waals surface area contributed by atoms with Crippen LogP contribution in [0, 0.1) is 5.92 Å². The lowest BCUT2D eigenvalue weighted by Gasteiger charge is -2.06.